The first kappa shape index (κ1) is 21.4. The first-order chi connectivity index (χ1) is 14.1. The Balaban J connectivity index is 1.79. The molecular weight excluding hydrogens is 366 g/mol. The van der Waals surface area contributed by atoms with Gasteiger partial charge in [0.05, 0.1) is 18.7 Å². The monoisotopic (exact) mass is 399 g/mol. The fourth-order valence-electron chi connectivity index (χ4n) is 4.44. The molecule has 1 heterocycles. The zero-order chi connectivity index (χ0) is 20.8. The van der Waals surface area contributed by atoms with Gasteiger partial charge in [-0.3, -0.25) is 4.79 Å². The van der Waals surface area contributed by atoms with Crippen molar-refractivity contribution in [3.05, 3.63) is 41.5 Å². The van der Waals surface area contributed by atoms with Crippen LogP contribution in [0.4, 0.5) is 4.79 Å². The number of amides is 3. The van der Waals surface area contributed by atoms with E-state index in [1.807, 2.05) is 13.8 Å². The second-order valence-electron chi connectivity index (χ2n) is 7.88. The molecule has 6 nitrogen and oxygen atoms in total. The first-order valence-electron chi connectivity index (χ1n) is 10.8. The van der Waals surface area contributed by atoms with Gasteiger partial charge in [-0.1, -0.05) is 44.2 Å². The van der Waals surface area contributed by atoms with Crippen LogP contribution in [0.3, 0.4) is 0 Å². The highest BCUT2D eigenvalue weighted by molar-refractivity contribution is 5.78. The van der Waals surface area contributed by atoms with Gasteiger partial charge in [0.25, 0.3) is 0 Å². The molecule has 1 aliphatic carbocycles. The summed E-state index contributed by atoms with van der Waals surface area (Å²) >= 11 is 0. The van der Waals surface area contributed by atoms with E-state index in [1.165, 1.54) is 17.6 Å². The summed E-state index contributed by atoms with van der Waals surface area (Å²) in [6.45, 7) is 4.70. The van der Waals surface area contributed by atoms with Gasteiger partial charge in [-0.15, -0.1) is 0 Å². The van der Waals surface area contributed by atoms with E-state index in [0.717, 1.165) is 24.8 Å². The van der Waals surface area contributed by atoms with Gasteiger partial charge >= 0.3 is 6.03 Å². The molecule has 0 unspecified atom stereocenters. The quantitative estimate of drug-likeness (QED) is 0.628. The molecule has 3 rings (SSSR count). The topological polar surface area (TPSA) is 81.7 Å². The summed E-state index contributed by atoms with van der Waals surface area (Å²) in [4.78, 5) is 26.2. The van der Waals surface area contributed by atoms with Gasteiger partial charge in [0.15, 0.2) is 0 Å². The van der Waals surface area contributed by atoms with E-state index in [9.17, 15) is 14.7 Å². The number of hydrogen-bond donors (Lipinski definition) is 3. The molecule has 0 bridgehead atoms. The van der Waals surface area contributed by atoms with Gasteiger partial charge in [-0.05, 0) is 42.4 Å². The average Bonchev–Trinajstić information content (AvgIpc) is 3.26. The van der Waals surface area contributed by atoms with Crippen molar-refractivity contribution in [2.24, 2.45) is 0 Å². The van der Waals surface area contributed by atoms with E-state index in [1.54, 1.807) is 4.90 Å². The molecule has 0 spiro atoms. The van der Waals surface area contributed by atoms with E-state index in [2.05, 4.69) is 41.0 Å². The molecule has 0 aromatic heterocycles. The highest BCUT2D eigenvalue weighted by Gasteiger charge is 2.51. The van der Waals surface area contributed by atoms with Crippen molar-refractivity contribution in [2.45, 2.75) is 64.0 Å². The van der Waals surface area contributed by atoms with Gasteiger partial charge in [0.2, 0.25) is 5.91 Å². The van der Waals surface area contributed by atoms with Crippen molar-refractivity contribution in [3.8, 4) is 0 Å². The van der Waals surface area contributed by atoms with Crippen LogP contribution in [0, 0.1) is 0 Å². The molecule has 0 saturated carbocycles. The Hall–Kier alpha value is -2.34. The lowest BCUT2D eigenvalue weighted by Gasteiger charge is -2.54. The minimum absolute atomic E-state index is 0.00357. The van der Waals surface area contributed by atoms with E-state index in [0.29, 0.717) is 19.5 Å². The SMILES string of the molecule is CCCNC(=O)N1[C@@H](CO)[C@@H](c2ccc(C3=CCCC3)cc2)[C@@H]1CNC(=O)CC. The fraction of sp³-hybridized carbons (Fsp3) is 0.565. The van der Waals surface area contributed by atoms with E-state index < -0.39 is 0 Å². The molecule has 1 aliphatic heterocycles. The number of urea groups is 1. The number of aliphatic hydroxyl groups is 1. The summed E-state index contributed by atoms with van der Waals surface area (Å²) in [6, 6.07) is 7.87. The van der Waals surface area contributed by atoms with E-state index in [4.69, 9.17) is 0 Å². The van der Waals surface area contributed by atoms with Crippen molar-refractivity contribution in [1.82, 2.24) is 15.5 Å². The van der Waals surface area contributed by atoms with E-state index in [-0.39, 0.29) is 36.5 Å². The maximum Gasteiger partial charge on any atom is 0.318 e. The third kappa shape index (κ3) is 4.64. The van der Waals surface area contributed by atoms with Crippen molar-refractivity contribution >= 4 is 17.5 Å². The lowest BCUT2D eigenvalue weighted by molar-refractivity contribution is -0.121. The maximum atomic E-state index is 12.7. The number of aliphatic hydroxyl groups excluding tert-OH is 1. The van der Waals surface area contributed by atoms with Crippen LogP contribution in [0.15, 0.2) is 30.3 Å². The molecule has 1 aromatic carbocycles. The van der Waals surface area contributed by atoms with Crippen LogP contribution in [0.25, 0.3) is 5.57 Å². The van der Waals surface area contributed by atoms with Crippen molar-refractivity contribution in [3.63, 3.8) is 0 Å². The Bertz CT molecular complexity index is 744. The summed E-state index contributed by atoms with van der Waals surface area (Å²) in [5.41, 5.74) is 3.75. The zero-order valence-corrected chi connectivity index (χ0v) is 17.5. The molecule has 3 atom stereocenters. The summed E-state index contributed by atoms with van der Waals surface area (Å²) in [5.74, 6) is -0.0372. The standard InChI is InChI=1S/C23H33N3O3/c1-3-13-24-23(29)26-19(14-25-21(28)4-2)22(20(26)15-27)18-11-9-17(10-12-18)16-7-5-6-8-16/h7,9-12,19-20,22,27H,3-6,8,13-15H2,1-2H3,(H,24,29)(H,25,28)/t19-,20-,22-/m0/s1. The molecular formula is C23H33N3O3. The Morgan fingerprint density at radius 3 is 2.48 bits per heavy atom. The number of likely N-dealkylation sites (tertiary alicyclic amines) is 1. The molecule has 1 aromatic rings. The fourth-order valence-corrected chi connectivity index (χ4v) is 4.44. The van der Waals surface area contributed by atoms with Crippen LogP contribution in [-0.4, -0.2) is 53.7 Å². The second kappa shape index (κ2) is 9.92. The van der Waals surface area contributed by atoms with Crippen LogP contribution in [-0.2, 0) is 4.79 Å². The number of carbonyl (C=O) groups excluding carboxylic acids is 2. The van der Waals surface area contributed by atoms with Crippen LogP contribution >= 0.6 is 0 Å². The highest BCUT2D eigenvalue weighted by atomic mass is 16.3. The summed E-state index contributed by atoms with van der Waals surface area (Å²) < 4.78 is 0. The molecule has 158 valence electrons. The average molecular weight is 400 g/mol. The zero-order valence-electron chi connectivity index (χ0n) is 17.5. The number of nitrogens with one attached hydrogen (secondary N) is 2. The van der Waals surface area contributed by atoms with Crippen molar-refractivity contribution < 1.29 is 14.7 Å². The second-order valence-corrected chi connectivity index (χ2v) is 7.88. The van der Waals surface area contributed by atoms with E-state index >= 15 is 0 Å². The van der Waals surface area contributed by atoms with Gasteiger partial charge < -0.3 is 20.6 Å². The molecule has 3 N–H and O–H groups in total. The van der Waals surface area contributed by atoms with Gasteiger partial charge in [-0.2, -0.15) is 0 Å². The van der Waals surface area contributed by atoms with Gasteiger partial charge in [-0.25, -0.2) is 4.79 Å². The predicted molar refractivity (Wildman–Crippen MR) is 115 cm³/mol. The largest absolute Gasteiger partial charge is 0.394 e. The van der Waals surface area contributed by atoms with Crippen LogP contribution in [0.5, 0.6) is 0 Å². The number of allylic oxidation sites excluding steroid dienone is 2. The number of benzene rings is 1. The molecule has 6 heteroatoms. The van der Waals surface area contributed by atoms with Crippen LogP contribution in [0.1, 0.15) is 63.0 Å². The Morgan fingerprint density at radius 1 is 1.14 bits per heavy atom. The summed E-state index contributed by atoms with van der Waals surface area (Å²) in [7, 11) is 0. The number of carbonyl (C=O) groups is 2. The molecule has 3 amide bonds. The first-order valence-corrected chi connectivity index (χ1v) is 10.8. The number of rotatable bonds is 8. The summed E-state index contributed by atoms with van der Waals surface area (Å²) in [5, 5.41) is 15.8. The lowest BCUT2D eigenvalue weighted by atomic mass is 9.75. The van der Waals surface area contributed by atoms with Crippen LogP contribution in [0.2, 0.25) is 0 Å². The van der Waals surface area contributed by atoms with Crippen LogP contribution < -0.4 is 10.6 Å². The van der Waals surface area contributed by atoms with Crippen molar-refractivity contribution in [1.29, 1.82) is 0 Å². The molecule has 1 fully saturated rings. The molecule has 0 radical (unpaired) electrons. The Labute approximate surface area is 173 Å². The number of hydrogen-bond acceptors (Lipinski definition) is 3. The highest BCUT2D eigenvalue weighted by Crippen LogP contribution is 2.41. The minimum Gasteiger partial charge on any atom is -0.394 e. The van der Waals surface area contributed by atoms with Crippen molar-refractivity contribution in [2.75, 3.05) is 19.7 Å². The number of nitrogens with zero attached hydrogens (tertiary/aromatic N) is 1. The van der Waals surface area contributed by atoms with Gasteiger partial charge in [0, 0.05) is 25.4 Å². The Kier molecular flexibility index (Phi) is 7.31. The molecule has 2 aliphatic rings. The third-order valence-corrected chi connectivity index (χ3v) is 6.03. The normalized spacial score (nSPS) is 23.3. The molecule has 1 saturated heterocycles. The summed E-state index contributed by atoms with van der Waals surface area (Å²) in [6.07, 6.45) is 7.05. The van der Waals surface area contributed by atoms with Gasteiger partial charge in [0.1, 0.15) is 0 Å². The molecule has 29 heavy (non-hydrogen) atoms. The Morgan fingerprint density at radius 2 is 1.90 bits per heavy atom. The predicted octanol–water partition coefficient (Wildman–Crippen LogP) is 3.03. The maximum absolute atomic E-state index is 12.7. The minimum atomic E-state index is -0.285. The lowest BCUT2D eigenvalue weighted by Crippen LogP contribution is -2.70. The third-order valence-electron chi connectivity index (χ3n) is 6.03. The smallest absolute Gasteiger partial charge is 0.318 e.